The molecule has 1 aliphatic heterocycles. The number of hydrogen-bond acceptors (Lipinski definition) is 4. The summed E-state index contributed by atoms with van der Waals surface area (Å²) in [4.78, 5) is 12.6. The molecule has 0 radical (unpaired) electrons. The van der Waals surface area contributed by atoms with Gasteiger partial charge in [0.15, 0.2) is 0 Å². The number of rotatable bonds is 4. The lowest BCUT2D eigenvalue weighted by Crippen LogP contribution is -2.49. The summed E-state index contributed by atoms with van der Waals surface area (Å²) in [5.74, 6) is 0. The van der Waals surface area contributed by atoms with Gasteiger partial charge in [0.05, 0.1) is 4.92 Å². The summed E-state index contributed by atoms with van der Waals surface area (Å²) in [6.45, 7) is 6.41. The Labute approximate surface area is 107 Å². The second-order valence-electron chi connectivity index (χ2n) is 4.83. The van der Waals surface area contributed by atoms with Crippen molar-refractivity contribution in [1.82, 2.24) is 10.2 Å². The van der Waals surface area contributed by atoms with Crippen LogP contribution in [0.4, 0.5) is 5.69 Å². The van der Waals surface area contributed by atoms with Crippen LogP contribution in [0.1, 0.15) is 12.5 Å². The first-order valence-corrected chi connectivity index (χ1v) is 6.34. The van der Waals surface area contributed by atoms with Crippen molar-refractivity contribution >= 4 is 5.69 Å². The van der Waals surface area contributed by atoms with Gasteiger partial charge in [0.1, 0.15) is 0 Å². The Kier molecular flexibility index (Phi) is 4.28. The summed E-state index contributed by atoms with van der Waals surface area (Å²) in [6.07, 6.45) is 0.949. The summed E-state index contributed by atoms with van der Waals surface area (Å²) in [6, 6.07) is 7.41. The number of benzene rings is 1. The van der Waals surface area contributed by atoms with Crippen LogP contribution in [0.15, 0.2) is 24.3 Å². The van der Waals surface area contributed by atoms with Crippen molar-refractivity contribution in [3.8, 4) is 0 Å². The van der Waals surface area contributed by atoms with Crippen LogP contribution in [0.5, 0.6) is 0 Å². The highest BCUT2D eigenvalue weighted by molar-refractivity contribution is 5.32. The predicted molar refractivity (Wildman–Crippen MR) is 70.7 cm³/mol. The molecular formula is C13H19N3O2. The zero-order chi connectivity index (χ0) is 13.0. The second-order valence-corrected chi connectivity index (χ2v) is 4.83. The summed E-state index contributed by atoms with van der Waals surface area (Å²) < 4.78 is 0. The van der Waals surface area contributed by atoms with Crippen LogP contribution in [-0.2, 0) is 6.42 Å². The molecule has 0 aliphatic carbocycles. The van der Waals surface area contributed by atoms with Crippen LogP contribution in [0.3, 0.4) is 0 Å². The van der Waals surface area contributed by atoms with Crippen molar-refractivity contribution < 1.29 is 4.92 Å². The van der Waals surface area contributed by atoms with Crippen molar-refractivity contribution in [2.75, 3.05) is 26.2 Å². The molecule has 1 aliphatic rings. The fraction of sp³-hybridized carbons (Fsp3) is 0.538. The smallest absolute Gasteiger partial charge is 0.269 e. The first-order chi connectivity index (χ1) is 8.65. The largest absolute Gasteiger partial charge is 0.312 e. The predicted octanol–water partition coefficient (Wildman–Crippen LogP) is 1.43. The molecule has 1 unspecified atom stereocenters. The lowest BCUT2D eigenvalue weighted by molar-refractivity contribution is -0.384. The minimum absolute atomic E-state index is 0.162. The number of nitrogens with one attached hydrogen (secondary N) is 1. The number of piperazine rings is 1. The van der Waals surface area contributed by atoms with Gasteiger partial charge in [0, 0.05) is 44.4 Å². The topological polar surface area (TPSA) is 58.4 Å². The van der Waals surface area contributed by atoms with Gasteiger partial charge in [0.2, 0.25) is 0 Å². The highest BCUT2D eigenvalue weighted by Crippen LogP contribution is 2.12. The maximum atomic E-state index is 10.5. The standard InChI is InChI=1S/C13H19N3O2/c1-11-10-15(9-7-14-11)8-6-12-2-4-13(5-3-12)16(17)18/h2-5,11,14H,6-10H2,1H3. The molecule has 1 fully saturated rings. The normalized spacial score (nSPS) is 20.8. The molecule has 1 atom stereocenters. The van der Waals surface area contributed by atoms with Crippen LogP contribution in [-0.4, -0.2) is 42.0 Å². The zero-order valence-electron chi connectivity index (χ0n) is 10.6. The number of hydrogen-bond donors (Lipinski definition) is 1. The molecule has 98 valence electrons. The molecule has 0 spiro atoms. The van der Waals surface area contributed by atoms with Gasteiger partial charge in [0.25, 0.3) is 5.69 Å². The number of non-ortho nitro benzene ring substituents is 1. The molecule has 5 heteroatoms. The Morgan fingerprint density at radius 1 is 1.44 bits per heavy atom. The van der Waals surface area contributed by atoms with E-state index in [1.165, 1.54) is 0 Å². The van der Waals surface area contributed by atoms with Crippen molar-refractivity contribution in [3.05, 3.63) is 39.9 Å². The maximum Gasteiger partial charge on any atom is 0.269 e. The fourth-order valence-electron chi connectivity index (χ4n) is 2.29. The highest BCUT2D eigenvalue weighted by Gasteiger charge is 2.14. The van der Waals surface area contributed by atoms with E-state index in [0.29, 0.717) is 6.04 Å². The first kappa shape index (κ1) is 13.0. The molecule has 1 aromatic carbocycles. The molecule has 0 amide bonds. The van der Waals surface area contributed by atoms with Gasteiger partial charge in [-0.15, -0.1) is 0 Å². The average Bonchev–Trinajstić information content (AvgIpc) is 2.37. The van der Waals surface area contributed by atoms with Gasteiger partial charge in [-0.25, -0.2) is 0 Å². The van der Waals surface area contributed by atoms with E-state index in [2.05, 4.69) is 17.1 Å². The van der Waals surface area contributed by atoms with Gasteiger partial charge in [-0.1, -0.05) is 12.1 Å². The van der Waals surface area contributed by atoms with Crippen molar-refractivity contribution in [1.29, 1.82) is 0 Å². The average molecular weight is 249 g/mol. The molecule has 2 rings (SSSR count). The summed E-state index contributed by atoms with van der Waals surface area (Å²) in [5, 5.41) is 14.0. The number of nitro benzene ring substituents is 1. The Bertz CT molecular complexity index is 405. The molecule has 0 saturated carbocycles. The molecule has 0 aromatic heterocycles. The fourth-order valence-corrected chi connectivity index (χ4v) is 2.29. The molecular weight excluding hydrogens is 230 g/mol. The molecule has 1 N–H and O–H groups in total. The van der Waals surface area contributed by atoms with Gasteiger partial charge >= 0.3 is 0 Å². The van der Waals surface area contributed by atoms with E-state index in [-0.39, 0.29) is 10.6 Å². The van der Waals surface area contributed by atoms with Crippen LogP contribution in [0.25, 0.3) is 0 Å². The van der Waals surface area contributed by atoms with Crippen LogP contribution < -0.4 is 5.32 Å². The molecule has 0 bridgehead atoms. The van der Waals surface area contributed by atoms with E-state index in [9.17, 15) is 10.1 Å². The van der Waals surface area contributed by atoms with Gasteiger partial charge in [-0.3, -0.25) is 10.1 Å². The van der Waals surface area contributed by atoms with E-state index < -0.39 is 0 Å². The van der Waals surface area contributed by atoms with Gasteiger partial charge in [-0.05, 0) is 18.9 Å². The summed E-state index contributed by atoms with van der Waals surface area (Å²) in [7, 11) is 0. The van der Waals surface area contributed by atoms with Crippen molar-refractivity contribution in [3.63, 3.8) is 0 Å². The number of nitro groups is 1. The maximum absolute atomic E-state index is 10.5. The van der Waals surface area contributed by atoms with E-state index in [4.69, 9.17) is 0 Å². The van der Waals surface area contributed by atoms with E-state index >= 15 is 0 Å². The Balaban J connectivity index is 1.84. The van der Waals surface area contributed by atoms with Crippen molar-refractivity contribution in [2.24, 2.45) is 0 Å². The zero-order valence-corrected chi connectivity index (χ0v) is 10.6. The Hall–Kier alpha value is -1.46. The summed E-state index contributed by atoms with van der Waals surface area (Å²) >= 11 is 0. The third kappa shape index (κ3) is 3.51. The molecule has 1 heterocycles. The number of nitrogens with zero attached hydrogens (tertiary/aromatic N) is 2. The Morgan fingerprint density at radius 3 is 2.78 bits per heavy atom. The van der Waals surface area contributed by atoms with Crippen LogP contribution >= 0.6 is 0 Å². The van der Waals surface area contributed by atoms with Crippen LogP contribution in [0, 0.1) is 10.1 Å². The minimum atomic E-state index is -0.359. The molecule has 1 saturated heterocycles. The second kappa shape index (κ2) is 5.93. The summed E-state index contributed by atoms with van der Waals surface area (Å²) in [5.41, 5.74) is 1.32. The monoisotopic (exact) mass is 249 g/mol. The third-order valence-corrected chi connectivity index (χ3v) is 3.32. The molecule has 5 nitrogen and oxygen atoms in total. The lowest BCUT2D eigenvalue weighted by atomic mass is 10.1. The van der Waals surface area contributed by atoms with Crippen LogP contribution in [0.2, 0.25) is 0 Å². The lowest BCUT2D eigenvalue weighted by Gasteiger charge is -2.31. The molecule has 18 heavy (non-hydrogen) atoms. The Morgan fingerprint density at radius 2 is 2.17 bits per heavy atom. The van der Waals surface area contributed by atoms with E-state index in [1.807, 2.05) is 12.1 Å². The minimum Gasteiger partial charge on any atom is -0.312 e. The highest BCUT2D eigenvalue weighted by atomic mass is 16.6. The van der Waals surface area contributed by atoms with E-state index in [0.717, 1.165) is 38.2 Å². The third-order valence-electron chi connectivity index (χ3n) is 3.32. The SMILES string of the molecule is CC1CN(CCc2ccc([N+](=O)[O-])cc2)CCN1. The quantitative estimate of drug-likeness (QED) is 0.648. The van der Waals surface area contributed by atoms with Gasteiger partial charge < -0.3 is 10.2 Å². The van der Waals surface area contributed by atoms with Gasteiger partial charge in [-0.2, -0.15) is 0 Å². The van der Waals surface area contributed by atoms with Crippen molar-refractivity contribution in [2.45, 2.75) is 19.4 Å². The molecule has 1 aromatic rings. The van der Waals surface area contributed by atoms with E-state index in [1.54, 1.807) is 12.1 Å². The first-order valence-electron chi connectivity index (χ1n) is 6.34.